The third-order valence-corrected chi connectivity index (χ3v) is 8.38. The fraction of sp³-hybridized carbons (Fsp3) is 0.458. The van der Waals surface area contributed by atoms with Crippen LogP contribution in [-0.4, -0.2) is 61.1 Å². The summed E-state index contributed by atoms with van der Waals surface area (Å²) < 4.78 is 122. The molecule has 7 nitrogen and oxygen atoms in total. The lowest BCUT2D eigenvalue weighted by Crippen LogP contribution is -2.54. The Labute approximate surface area is 218 Å². The normalized spacial score (nSPS) is 16.9. The Kier molecular flexibility index (Phi) is 8.70. The van der Waals surface area contributed by atoms with Gasteiger partial charge in [-0.1, -0.05) is 12.1 Å². The van der Waals surface area contributed by atoms with Gasteiger partial charge in [-0.05, 0) is 48.7 Å². The van der Waals surface area contributed by atoms with Crippen molar-refractivity contribution in [1.82, 2.24) is 0 Å². The van der Waals surface area contributed by atoms with Crippen molar-refractivity contribution in [2.45, 2.75) is 54.6 Å². The van der Waals surface area contributed by atoms with Crippen LogP contribution in [0.3, 0.4) is 0 Å². The van der Waals surface area contributed by atoms with E-state index in [1.165, 1.54) is 0 Å². The van der Waals surface area contributed by atoms with E-state index in [-0.39, 0.29) is 30.5 Å². The number of anilines is 1. The minimum absolute atomic E-state index is 0.206. The third kappa shape index (κ3) is 5.90. The number of alkyl halides is 6. The molecule has 0 unspecified atom stereocenters. The van der Waals surface area contributed by atoms with Gasteiger partial charge in [-0.3, -0.25) is 9.10 Å². The van der Waals surface area contributed by atoms with Crippen molar-refractivity contribution in [3.8, 4) is 0 Å². The third-order valence-electron chi connectivity index (χ3n) is 6.50. The molecule has 15 heteroatoms. The molecule has 0 saturated heterocycles. The molecule has 0 saturated carbocycles. The first kappa shape index (κ1) is 30.8. The highest BCUT2D eigenvalue weighted by molar-refractivity contribution is 7.92. The number of hydrogen-bond acceptors (Lipinski definition) is 6. The van der Waals surface area contributed by atoms with E-state index >= 15 is 0 Å². The quantitative estimate of drug-likeness (QED) is 0.387. The average Bonchev–Trinajstić information content (AvgIpc) is 2.85. The highest BCUT2D eigenvalue weighted by atomic mass is 32.2. The van der Waals surface area contributed by atoms with Gasteiger partial charge in [0.2, 0.25) is 0 Å². The van der Waals surface area contributed by atoms with Crippen LogP contribution < -0.4 is 4.31 Å². The number of aliphatic hydroxyl groups is 3. The lowest BCUT2D eigenvalue weighted by atomic mass is 9.87. The number of nitrogens with zero attached hydrogens (tertiary/aromatic N) is 1. The molecule has 0 amide bonds. The number of carbonyl (C=O) groups excluding carboxylic acids is 1. The molecule has 0 spiro atoms. The van der Waals surface area contributed by atoms with Crippen LogP contribution in [0.4, 0.5) is 36.4 Å². The van der Waals surface area contributed by atoms with Crippen LogP contribution >= 0.6 is 0 Å². The van der Waals surface area contributed by atoms with Gasteiger partial charge in [-0.15, -0.1) is 0 Å². The molecule has 2 aromatic rings. The molecule has 1 heterocycles. The zero-order valence-corrected chi connectivity index (χ0v) is 20.8. The minimum Gasteiger partial charge on any atom is -0.396 e. The van der Waals surface area contributed by atoms with E-state index in [2.05, 4.69) is 0 Å². The standard InChI is InChI=1S/C24H24F7NO6S/c25-17-3-6-20(7-4-17)39(37,38)32-18(11-19(35)9-14(12-33)13-34)5-1-15-10-16(2-8-21(15)32)22(36,23(26,27)28)24(29,30)31/h2-4,6-8,10,14,18,33-34,36H,1,5,9,11-13H2/t18-/m0/s1. The Bertz CT molecular complexity index is 1280. The molecule has 3 rings (SSSR count). The first-order chi connectivity index (χ1) is 18.0. The summed E-state index contributed by atoms with van der Waals surface area (Å²) in [6.45, 7) is -1.06. The highest BCUT2D eigenvalue weighted by Gasteiger charge is 2.71. The van der Waals surface area contributed by atoms with E-state index in [9.17, 15) is 59.3 Å². The van der Waals surface area contributed by atoms with E-state index in [0.29, 0.717) is 22.5 Å². The largest absolute Gasteiger partial charge is 0.430 e. The smallest absolute Gasteiger partial charge is 0.396 e. The number of fused-ring (bicyclic) bond motifs is 1. The molecule has 0 fully saturated rings. The predicted octanol–water partition coefficient (Wildman–Crippen LogP) is 3.60. The van der Waals surface area contributed by atoms with E-state index in [0.717, 1.165) is 24.3 Å². The summed E-state index contributed by atoms with van der Waals surface area (Å²) in [5.41, 5.74) is -7.38. The van der Waals surface area contributed by atoms with Crippen molar-refractivity contribution in [3.05, 3.63) is 59.4 Å². The Morgan fingerprint density at radius 1 is 0.974 bits per heavy atom. The lowest BCUT2D eigenvalue weighted by Gasteiger charge is -2.39. The fourth-order valence-electron chi connectivity index (χ4n) is 4.44. The summed E-state index contributed by atoms with van der Waals surface area (Å²) in [6.07, 6.45) is -13.5. The molecule has 2 aromatic carbocycles. The van der Waals surface area contributed by atoms with Crippen LogP contribution in [-0.2, 0) is 26.8 Å². The maximum Gasteiger partial charge on any atom is 0.430 e. The number of carbonyl (C=O) groups is 1. The first-order valence-corrected chi connectivity index (χ1v) is 12.9. The van der Waals surface area contributed by atoms with Gasteiger partial charge in [0, 0.05) is 37.5 Å². The molecule has 0 bridgehead atoms. The molecule has 3 N–H and O–H groups in total. The number of aryl methyl sites for hydroxylation is 1. The van der Waals surface area contributed by atoms with Crippen molar-refractivity contribution >= 4 is 21.5 Å². The van der Waals surface area contributed by atoms with E-state index < -0.39 is 81.6 Å². The molecule has 1 aliphatic rings. The Balaban J connectivity index is 2.13. The molecule has 39 heavy (non-hydrogen) atoms. The van der Waals surface area contributed by atoms with Gasteiger partial charge >= 0.3 is 12.4 Å². The Morgan fingerprint density at radius 3 is 2.05 bits per heavy atom. The van der Waals surface area contributed by atoms with Gasteiger partial charge in [0.05, 0.1) is 16.6 Å². The number of Topliss-reactive ketones (excluding diaryl/α,β-unsaturated/α-hetero) is 1. The molecule has 216 valence electrons. The average molecular weight is 588 g/mol. The minimum atomic E-state index is -6.15. The zero-order chi connectivity index (χ0) is 29.4. The van der Waals surface area contributed by atoms with Crippen molar-refractivity contribution in [1.29, 1.82) is 0 Å². The highest BCUT2D eigenvalue weighted by Crippen LogP contribution is 2.51. The molecule has 0 aromatic heterocycles. The second-order valence-electron chi connectivity index (χ2n) is 9.17. The van der Waals surface area contributed by atoms with Crippen LogP contribution in [0, 0.1) is 11.7 Å². The Morgan fingerprint density at radius 2 is 1.54 bits per heavy atom. The SMILES string of the molecule is O=C(CC(CO)CO)C[C@@H]1CCc2cc(C(O)(C(F)(F)F)C(F)(F)F)ccc2N1S(=O)(=O)c1ccc(F)cc1. The van der Waals surface area contributed by atoms with Gasteiger partial charge in [0.15, 0.2) is 0 Å². The number of rotatable bonds is 9. The number of ketones is 1. The van der Waals surface area contributed by atoms with E-state index in [1.807, 2.05) is 0 Å². The summed E-state index contributed by atoms with van der Waals surface area (Å²) in [5, 5.41) is 28.3. The van der Waals surface area contributed by atoms with Crippen LogP contribution in [0.2, 0.25) is 0 Å². The van der Waals surface area contributed by atoms with Crippen LogP contribution in [0.15, 0.2) is 47.4 Å². The monoisotopic (exact) mass is 587 g/mol. The van der Waals surface area contributed by atoms with Crippen molar-refractivity contribution in [2.75, 3.05) is 17.5 Å². The number of aliphatic hydroxyl groups excluding tert-OH is 2. The van der Waals surface area contributed by atoms with Crippen molar-refractivity contribution < 1.29 is 59.3 Å². The van der Waals surface area contributed by atoms with Crippen LogP contribution in [0.1, 0.15) is 30.4 Å². The van der Waals surface area contributed by atoms with Crippen molar-refractivity contribution in [2.24, 2.45) is 5.92 Å². The maximum absolute atomic E-state index is 13.6. The second-order valence-corrected chi connectivity index (χ2v) is 11.0. The molecule has 0 radical (unpaired) electrons. The topological polar surface area (TPSA) is 115 Å². The number of sulfonamides is 1. The van der Waals surface area contributed by atoms with E-state index in [4.69, 9.17) is 0 Å². The van der Waals surface area contributed by atoms with Crippen molar-refractivity contribution in [3.63, 3.8) is 0 Å². The summed E-state index contributed by atoms with van der Waals surface area (Å²) >= 11 is 0. The Hall–Kier alpha value is -2.75. The summed E-state index contributed by atoms with van der Waals surface area (Å²) in [5.74, 6) is -2.15. The summed E-state index contributed by atoms with van der Waals surface area (Å²) in [7, 11) is -4.62. The van der Waals surface area contributed by atoms with Gasteiger partial charge in [-0.2, -0.15) is 26.3 Å². The van der Waals surface area contributed by atoms with Gasteiger partial charge in [0.25, 0.3) is 15.6 Å². The number of hydrogen-bond donors (Lipinski definition) is 3. The molecule has 0 aliphatic carbocycles. The fourth-order valence-corrected chi connectivity index (χ4v) is 6.15. The lowest BCUT2D eigenvalue weighted by molar-refractivity contribution is -0.376. The summed E-state index contributed by atoms with van der Waals surface area (Å²) in [4.78, 5) is 12.2. The van der Waals surface area contributed by atoms with Crippen LogP contribution in [0.25, 0.3) is 0 Å². The van der Waals surface area contributed by atoms with Gasteiger partial charge in [-0.25, -0.2) is 12.8 Å². The first-order valence-electron chi connectivity index (χ1n) is 11.5. The van der Waals surface area contributed by atoms with Crippen LogP contribution in [0.5, 0.6) is 0 Å². The predicted molar refractivity (Wildman–Crippen MR) is 123 cm³/mol. The molecular formula is C24H24F7NO6S. The maximum atomic E-state index is 13.6. The van der Waals surface area contributed by atoms with Gasteiger partial charge in [0.1, 0.15) is 11.6 Å². The number of halogens is 7. The second kappa shape index (κ2) is 11.0. The van der Waals surface area contributed by atoms with E-state index in [1.54, 1.807) is 0 Å². The zero-order valence-electron chi connectivity index (χ0n) is 20.0. The summed E-state index contributed by atoms with van der Waals surface area (Å²) in [6, 6.07) is 3.77. The molecular weight excluding hydrogens is 563 g/mol. The molecule has 1 atom stereocenters. The van der Waals surface area contributed by atoms with Gasteiger partial charge < -0.3 is 15.3 Å². The molecule has 1 aliphatic heterocycles. The number of benzene rings is 2.